The smallest absolute Gasteiger partial charge is 0.269 e. The van der Waals surface area contributed by atoms with Gasteiger partial charge in [0.25, 0.3) is 0 Å². The van der Waals surface area contributed by atoms with Crippen LogP contribution in [-0.4, -0.2) is 25.8 Å². The Balaban J connectivity index is 2.23. The molecule has 0 bridgehead atoms. The Morgan fingerprint density at radius 3 is 2.47 bits per heavy atom. The molecule has 1 aliphatic heterocycles. The second-order valence-corrected chi connectivity index (χ2v) is 6.27. The zero-order valence-electron chi connectivity index (χ0n) is 8.99. The van der Waals surface area contributed by atoms with Gasteiger partial charge >= 0.3 is 10.2 Å². The van der Waals surface area contributed by atoms with Crippen molar-refractivity contribution < 1.29 is 8.42 Å². The van der Waals surface area contributed by atoms with Gasteiger partial charge in [-0.2, -0.15) is 12.7 Å². The van der Waals surface area contributed by atoms with Gasteiger partial charge in [0.1, 0.15) is 0 Å². The summed E-state index contributed by atoms with van der Waals surface area (Å²) in [6.45, 7) is 1.10. The molecular weight excluding hydrogens is 283 g/mol. The van der Waals surface area contributed by atoms with Crippen molar-refractivity contribution in [2.75, 3.05) is 17.8 Å². The fraction of sp³-hybridized carbons (Fsp3) is 0.400. The minimum absolute atomic E-state index is 0.219. The van der Waals surface area contributed by atoms with Gasteiger partial charge in [-0.25, -0.2) is 0 Å². The lowest BCUT2D eigenvalue weighted by molar-refractivity contribution is 0.482. The molecule has 7 heteroatoms. The van der Waals surface area contributed by atoms with Crippen LogP contribution in [0.2, 0.25) is 10.0 Å². The molecule has 0 saturated carbocycles. The highest BCUT2D eigenvalue weighted by atomic mass is 35.5. The molecule has 0 amide bonds. The number of halogens is 2. The molecule has 0 radical (unpaired) electrons. The van der Waals surface area contributed by atoms with Gasteiger partial charge in [0.05, 0.1) is 15.7 Å². The zero-order valence-corrected chi connectivity index (χ0v) is 11.3. The summed E-state index contributed by atoms with van der Waals surface area (Å²) in [4.78, 5) is 0. The van der Waals surface area contributed by atoms with Crippen LogP contribution in [0.4, 0.5) is 5.69 Å². The molecule has 17 heavy (non-hydrogen) atoms. The molecule has 1 fully saturated rings. The van der Waals surface area contributed by atoms with Crippen LogP contribution in [0.5, 0.6) is 0 Å². The summed E-state index contributed by atoms with van der Waals surface area (Å²) in [6.07, 6.45) is 1.79. The third kappa shape index (κ3) is 2.85. The molecule has 1 aromatic carbocycles. The Kier molecular flexibility index (Phi) is 3.82. The van der Waals surface area contributed by atoms with Crippen molar-refractivity contribution >= 4 is 39.1 Å². The van der Waals surface area contributed by atoms with Crippen molar-refractivity contribution in [1.82, 2.24) is 4.31 Å². The van der Waals surface area contributed by atoms with Crippen molar-refractivity contribution in [2.24, 2.45) is 0 Å². The number of nitrogens with one attached hydrogen (secondary N) is 1. The Hall–Kier alpha value is -0.490. The molecule has 0 aliphatic carbocycles. The van der Waals surface area contributed by atoms with E-state index in [2.05, 4.69) is 4.72 Å². The second kappa shape index (κ2) is 5.02. The lowest BCUT2D eigenvalue weighted by Gasteiger charge is -2.17. The summed E-state index contributed by atoms with van der Waals surface area (Å²) in [7, 11) is -3.51. The van der Waals surface area contributed by atoms with Gasteiger partial charge in [-0.15, -0.1) is 0 Å². The first kappa shape index (κ1) is 13.0. The van der Waals surface area contributed by atoms with Gasteiger partial charge in [0, 0.05) is 13.1 Å². The average Bonchev–Trinajstić information content (AvgIpc) is 2.78. The third-order valence-electron chi connectivity index (χ3n) is 2.60. The molecule has 1 aromatic rings. The van der Waals surface area contributed by atoms with E-state index >= 15 is 0 Å². The molecule has 94 valence electrons. The largest absolute Gasteiger partial charge is 0.301 e. The molecule has 2 rings (SSSR count). The monoisotopic (exact) mass is 294 g/mol. The molecular formula is C10H12Cl2N2O2S. The topological polar surface area (TPSA) is 49.4 Å². The number of rotatable bonds is 3. The van der Waals surface area contributed by atoms with Crippen molar-refractivity contribution in [3.05, 3.63) is 28.2 Å². The van der Waals surface area contributed by atoms with Crippen LogP contribution in [-0.2, 0) is 10.2 Å². The number of nitrogens with zero attached hydrogens (tertiary/aromatic N) is 1. The maximum Gasteiger partial charge on any atom is 0.301 e. The molecule has 1 saturated heterocycles. The van der Waals surface area contributed by atoms with Gasteiger partial charge in [-0.3, -0.25) is 4.72 Å². The van der Waals surface area contributed by atoms with Crippen LogP contribution in [0.15, 0.2) is 18.2 Å². The molecule has 4 nitrogen and oxygen atoms in total. The van der Waals surface area contributed by atoms with E-state index in [9.17, 15) is 8.42 Å². The zero-order chi connectivity index (χ0) is 12.5. The Morgan fingerprint density at radius 1 is 1.18 bits per heavy atom. The van der Waals surface area contributed by atoms with E-state index < -0.39 is 10.2 Å². The third-order valence-corrected chi connectivity index (χ3v) is 4.94. The van der Waals surface area contributed by atoms with E-state index in [1.165, 1.54) is 4.31 Å². The minimum Gasteiger partial charge on any atom is -0.269 e. The van der Waals surface area contributed by atoms with Crippen molar-refractivity contribution in [3.8, 4) is 0 Å². The summed E-state index contributed by atoms with van der Waals surface area (Å²) >= 11 is 11.8. The summed E-state index contributed by atoms with van der Waals surface area (Å²) in [6, 6.07) is 4.84. The molecule has 1 aliphatic rings. The fourth-order valence-corrected chi connectivity index (χ4v) is 3.43. The molecule has 0 spiro atoms. The van der Waals surface area contributed by atoms with Gasteiger partial charge < -0.3 is 0 Å². The number of hydrogen-bond donors (Lipinski definition) is 1. The maximum atomic E-state index is 12.0. The molecule has 0 aromatic heterocycles. The number of benzene rings is 1. The normalized spacial score (nSPS) is 17.3. The summed E-state index contributed by atoms with van der Waals surface area (Å²) in [5, 5.41) is 0.547. The van der Waals surface area contributed by atoms with E-state index in [1.807, 2.05) is 0 Å². The van der Waals surface area contributed by atoms with E-state index in [4.69, 9.17) is 23.2 Å². The first-order valence-electron chi connectivity index (χ1n) is 5.22. The highest BCUT2D eigenvalue weighted by Crippen LogP contribution is 2.30. The molecule has 0 unspecified atom stereocenters. The van der Waals surface area contributed by atoms with Gasteiger partial charge in [-0.1, -0.05) is 29.3 Å². The van der Waals surface area contributed by atoms with E-state index in [0.717, 1.165) is 12.8 Å². The predicted molar refractivity (Wildman–Crippen MR) is 69.8 cm³/mol. The van der Waals surface area contributed by atoms with Crippen LogP contribution in [0.3, 0.4) is 0 Å². The quantitative estimate of drug-likeness (QED) is 0.932. The molecule has 1 N–H and O–H groups in total. The summed E-state index contributed by atoms with van der Waals surface area (Å²) in [5.74, 6) is 0. The van der Waals surface area contributed by atoms with Crippen LogP contribution < -0.4 is 4.72 Å². The maximum absolute atomic E-state index is 12.0. The SMILES string of the molecule is O=S(=O)(Nc1cccc(Cl)c1Cl)N1CCCC1. The van der Waals surface area contributed by atoms with Crippen LogP contribution in [0.1, 0.15) is 12.8 Å². The fourth-order valence-electron chi connectivity index (χ4n) is 1.71. The Morgan fingerprint density at radius 2 is 1.82 bits per heavy atom. The van der Waals surface area contributed by atoms with Gasteiger partial charge in [-0.05, 0) is 25.0 Å². The van der Waals surface area contributed by atoms with Crippen LogP contribution in [0, 0.1) is 0 Å². The summed E-state index contributed by atoms with van der Waals surface area (Å²) in [5.41, 5.74) is 0.311. The minimum atomic E-state index is -3.51. The highest BCUT2D eigenvalue weighted by molar-refractivity contribution is 7.90. The first-order chi connectivity index (χ1) is 8.00. The molecule has 0 atom stereocenters. The van der Waals surface area contributed by atoms with Gasteiger partial charge in [0.15, 0.2) is 0 Å². The predicted octanol–water partition coefficient (Wildman–Crippen LogP) is 2.75. The molecule has 1 heterocycles. The Bertz CT molecular complexity index is 513. The second-order valence-electron chi connectivity index (χ2n) is 3.81. The van der Waals surface area contributed by atoms with Crippen molar-refractivity contribution in [1.29, 1.82) is 0 Å². The number of hydrogen-bond acceptors (Lipinski definition) is 2. The van der Waals surface area contributed by atoms with Crippen LogP contribution in [0.25, 0.3) is 0 Å². The van der Waals surface area contributed by atoms with E-state index in [0.29, 0.717) is 23.8 Å². The lowest BCUT2D eigenvalue weighted by Crippen LogP contribution is -2.33. The van der Waals surface area contributed by atoms with Crippen molar-refractivity contribution in [3.63, 3.8) is 0 Å². The van der Waals surface area contributed by atoms with Crippen LogP contribution >= 0.6 is 23.2 Å². The first-order valence-corrected chi connectivity index (χ1v) is 7.42. The number of anilines is 1. The van der Waals surface area contributed by atoms with E-state index in [-0.39, 0.29) is 5.02 Å². The summed E-state index contributed by atoms with van der Waals surface area (Å²) < 4.78 is 27.8. The van der Waals surface area contributed by atoms with Gasteiger partial charge in [0.2, 0.25) is 0 Å². The standard InChI is InChI=1S/C10H12Cl2N2O2S/c11-8-4-3-5-9(10(8)12)13-17(15,16)14-6-1-2-7-14/h3-5,13H,1-2,6-7H2. The van der Waals surface area contributed by atoms with E-state index in [1.54, 1.807) is 18.2 Å². The lowest BCUT2D eigenvalue weighted by atomic mass is 10.3. The van der Waals surface area contributed by atoms with Crippen molar-refractivity contribution in [2.45, 2.75) is 12.8 Å². The highest BCUT2D eigenvalue weighted by Gasteiger charge is 2.25. The average molecular weight is 295 g/mol. The Labute approximate surface area is 111 Å².